The summed E-state index contributed by atoms with van der Waals surface area (Å²) in [4.78, 5) is 12.6. The third-order valence-electron chi connectivity index (χ3n) is 5.20. The van der Waals surface area contributed by atoms with E-state index < -0.39 is 5.97 Å². The molecule has 0 atom stereocenters. The van der Waals surface area contributed by atoms with Gasteiger partial charge in [-0.2, -0.15) is 0 Å². The lowest BCUT2D eigenvalue weighted by atomic mass is 10.1. The van der Waals surface area contributed by atoms with Crippen molar-refractivity contribution < 1.29 is 13.9 Å². The number of nitrogens with zero attached hydrogens (tertiary/aromatic N) is 2. The zero-order chi connectivity index (χ0) is 22.5. The number of hydrogen-bond donors (Lipinski definition) is 0. The Hall–Kier alpha value is -4.51. The first kappa shape index (κ1) is 20.4. The number of ether oxygens (including phenoxy) is 1. The maximum absolute atomic E-state index is 12.6. The number of esters is 1. The van der Waals surface area contributed by atoms with Crippen LogP contribution >= 0.6 is 0 Å². The summed E-state index contributed by atoms with van der Waals surface area (Å²) in [5, 5.41) is 8.21. The molecule has 0 radical (unpaired) electrons. The molecule has 0 fully saturated rings. The third kappa shape index (κ3) is 4.88. The van der Waals surface area contributed by atoms with E-state index in [-0.39, 0.29) is 0 Å². The fraction of sp³-hybridized carbons (Fsp3) is 0.0357. The molecule has 33 heavy (non-hydrogen) atoms. The van der Waals surface area contributed by atoms with Crippen LogP contribution in [0.2, 0.25) is 0 Å². The summed E-state index contributed by atoms with van der Waals surface area (Å²) >= 11 is 0. The Kier molecular flexibility index (Phi) is 5.76. The molecule has 0 aliphatic carbocycles. The van der Waals surface area contributed by atoms with E-state index in [2.05, 4.69) is 22.3 Å². The molecular weight excluding hydrogens is 412 g/mol. The average Bonchev–Trinajstić information content (AvgIpc) is 3.37. The molecular formula is C28H20N2O3. The lowest BCUT2D eigenvalue weighted by molar-refractivity contribution is 0.0734. The van der Waals surface area contributed by atoms with E-state index in [9.17, 15) is 4.79 Å². The Morgan fingerprint density at radius 3 is 1.82 bits per heavy atom. The fourth-order valence-electron chi connectivity index (χ4n) is 3.46. The highest BCUT2D eigenvalue weighted by atomic mass is 16.5. The molecule has 0 bridgehead atoms. The first-order valence-corrected chi connectivity index (χ1v) is 10.6. The van der Waals surface area contributed by atoms with Gasteiger partial charge < -0.3 is 9.15 Å². The zero-order valence-electron chi connectivity index (χ0n) is 17.7. The van der Waals surface area contributed by atoms with Crippen molar-refractivity contribution in [1.29, 1.82) is 0 Å². The smallest absolute Gasteiger partial charge is 0.343 e. The quantitative estimate of drug-likeness (QED) is 0.236. The number of hydrogen-bond acceptors (Lipinski definition) is 5. The maximum Gasteiger partial charge on any atom is 0.343 e. The number of benzene rings is 4. The number of aromatic nitrogens is 2. The molecule has 0 N–H and O–H groups in total. The normalized spacial score (nSPS) is 10.7. The van der Waals surface area contributed by atoms with E-state index in [0.29, 0.717) is 23.1 Å². The van der Waals surface area contributed by atoms with Gasteiger partial charge in [0.15, 0.2) is 0 Å². The highest BCUT2D eigenvalue weighted by Gasteiger charge is 2.13. The minimum absolute atomic E-state index is 0.391. The van der Waals surface area contributed by atoms with Gasteiger partial charge >= 0.3 is 5.97 Å². The van der Waals surface area contributed by atoms with E-state index in [0.717, 1.165) is 23.1 Å². The monoisotopic (exact) mass is 432 g/mol. The van der Waals surface area contributed by atoms with Gasteiger partial charge in [0.05, 0.1) is 5.56 Å². The summed E-state index contributed by atoms with van der Waals surface area (Å²) in [6, 6.07) is 34.3. The molecule has 0 saturated heterocycles. The minimum atomic E-state index is -0.423. The lowest BCUT2D eigenvalue weighted by Gasteiger charge is -2.06. The fourth-order valence-corrected chi connectivity index (χ4v) is 3.46. The van der Waals surface area contributed by atoms with Gasteiger partial charge in [0.25, 0.3) is 0 Å². The van der Waals surface area contributed by atoms with Crippen LogP contribution in [0.5, 0.6) is 5.75 Å². The van der Waals surface area contributed by atoms with E-state index in [1.807, 2.05) is 72.8 Å². The summed E-state index contributed by atoms with van der Waals surface area (Å²) in [5.74, 6) is 0.922. The van der Waals surface area contributed by atoms with Crippen LogP contribution in [0, 0.1) is 0 Å². The van der Waals surface area contributed by atoms with Crippen molar-refractivity contribution in [3.05, 3.63) is 126 Å². The van der Waals surface area contributed by atoms with Gasteiger partial charge in [-0.05, 0) is 66.1 Å². The predicted octanol–water partition coefficient (Wildman–Crippen LogP) is 6.21. The Balaban J connectivity index is 1.23. The second-order valence-electron chi connectivity index (χ2n) is 7.55. The van der Waals surface area contributed by atoms with Crippen molar-refractivity contribution in [2.75, 3.05) is 0 Å². The van der Waals surface area contributed by atoms with Crippen molar-refractivity contribution in [2.24, 2.45) is 0 Å². The van der Waals surface area contributed by atoms with E-state index >= 15 is 0 Å². The summed E-state index contributed by atoms with van der Waals surface area (Å²) < 4.78 is 11.3. The molecule has 0 aliphatic rings. The second-order valence-corrected chi connectivity index (χ2v) is 7.55. The first-order chi connectivity index (χ1) is 16.2. The standard InChI is InChI=1S/C28H20N2O3/c31-28(32-25-17-11-21(12-18-25)19-20-7-3-1-4-8-20)24-15-13-23(14-16-24)27-30-29-26(33-27)22-9-5-2-6-10-22/h1-18H,19H2. The van der Waals surface area contributed by atoms with Crippen molar-refractivity contribution in [1.82, 2.24) is 10.2 Å². The van der Waals surface area contributed by atoms with Crippen molar-refractivity contribution in [3.63, 3.8) is 0 Å². The molecule has 5 heteroatoms. The molecule has 0 aliphatic heterocycles. The van der Waals surface area contributed by atoms with Gasteiger partial charge in [-0.15, -0.1) is 10.2 Å². The molecule has 0 spiro atoms. The van der Waals surface area contributed by atoms with Gasteiger partial charge in [0, 0.05) is 11.1 Å². The summed E-state index contributed by atoms with van der Waals surface area (Å²) in [6.07, 6.45) is 0.832. The average molecular weight is 432 g/mol. The van der Waals surface area contributed by atoms with Gasteiger partial charge in [-0.25, -0.2) is 4.79 Å². The number of carbonyl (C=O) groups excluding carboxylic acids is 1. The molecule has 0 saturated carbocycles. The number of carbonyl (C=O) groups is 1. The SMILES string of the molecule is O=C(Oc1ccc(Cc2ccccc2)cc1)c1ccc(-c2nnc(-c3ccccc3)o2)cc1. The van der Waals surface area contributed by atoms with E-state index in [1.165, 1.54) is 5.56 Å². The second kappa shape index (κ2) is 9.32. The molecule has 0 amide bonds. The van der Waals surface area contributed by atoms with Crippen LogP contribution in [-0.4, -0.2) is 16.2 Å². The highest BCUT2D eigenvalue weighted by molar-refractivity contribution is 5.91. The van der Waals surface area contributed by atoms with Gasteiger partial charge in [-0.3, -0.25) is 0 Å². The van der Waals surface area contributed by atoms with Crippen LogP contribution in [-0.2, 0) is 6.42 Å². The first-order valence-electron chi connectivity index (χ1n) is 10.6. The van der Waals surface area contributed by atoms with Gasteiger partial charge in [0.1, 0.15) is 5.75 Å². The van der Waals surface area contributed by atoms with Gasteiger partial charge in [0.2, 0.25) is 11.8 Å². The van der Waals surface area contributed by atoms with Gasteiger partial charge in [-0.1, -0.05) is 60.7 Å². The maximum atomic E-state index is 12.6. The van der Waals surface area contributed by atoms with E-state index in [4.69, 9.17) is 9.15 Å². The molecule has 1 aromatic heterocycles. The molecule has 5 rings (SSSR count). The molecule has 0 unspecified atom stereocenters. The Morgan fingerprint density at radius 1 is 0.636 bits per heavy atom. The molecule has 5 aromatic rings. The van der Waals surface area contributed by atoms with Crippen molar-refractivity contribution in [2.45, 2.75) is 6.42 Å². The van der Waals surface area contributed by atoms with Crippen LogP contribution in [0.4, 0.5) is 0 Å². The van der Waals surface area contributed by atoms with Crippen molar-refractivity contribution in [3.8, 4) is 28.7 Å². The Labute approximate surface area is 191 Å². The zero-order valence-corrected chi connectivity index (χ0v) is 17.7. The Morgan fingerprint density at radius 2 is 1.18 bits per heavy atom. The largest absolute Gasteiger partial charge is 0.423 e. The summed E-state index contributed by atoms with van der Waals surface area (Å²) in [7, 11) is 0. The molecule has 5 nitrogen and oxygen atoms in total. The molecule has 1 heterocycles. The van der Waals surface area contributed by atoms with Crippen molar-refractivity contribution >= 4 is 5.97 Å². The van der Waals surface area contributed by atoms with Crippen LogP contribution in [0.25, 0.3) is 22.9 Å². The van der Waals surface area contributed by atoms with Crippen LogP contribution in [0.3, 0.4) is 0 Å². The summed E-state index contributed by atoms with van der Waals surface area (Å²) in [5.41, 5.74) is 4.41. The number of rotatable bonds is 6. The third-order valence-corrected chi connectivity index (χ3v) is 5.20. The van der Waals surface area contributed by atoms with E-state index in [1.54, 1.807) is 24.3 Å². The Bertz CT molecular complexity index is 1340. The topological polar surface area (TPSA) is 65.2 Å². The molecule has 4 aromatic carbocycles. The molecule has 160 valence electrons. The van der Waals surface area contributed by atoms with Crippen LogP contribution in [0.1, 0.15) is 21.5 Å². The predicted molar refractivity (Wildman–Crippen MR) is 126 cm³/mol. The lowest BCUT2D eigenvalue weighted by Crippen LogP contribution is -2.08. The van der Waals surface area contributed by atoms with Crippen LogP contribution in [0.15, 0.2) is 114 Å². The highest BCUT2D eigenvalue weighted by Crippen LogP contribution is 2.24. The van der Waals surface area contributed by atoms with Crippen LogP contribution < -0.4 is 4.74 Å². The summed E-state index contributed by atoms with van der Waals surface area (Å²) in [6.45, 7) is 0. The minimum Gasteiger partial charge on any atom is -0.423 e.